The van der Waals surface area contributed by atoms with Crippen LogP contribution < -0.4 is 4.80 Å². The number of ether oxygens (including phenoxy) is 1. The summed E-state index contributed by atoms with van der Waals surface area (Å²) in [5, 5.41) is 0. The lowest BCUT2D eigenvalue weighted by molar-refractivity contribution is 0.0996. The number of fused-ring (bicyclic) bond motifs is 1. The van der Waals surface area contributed by atoms with E-state index >= 15 is 0 Å². The van der Waals surface area contributed by atoms with Crippen LogP contribution in [0.15, 0.2) is 58.0 Å². The van der Waals surface area contributed by atoms with E-state index in [1.807, 2.05) is 47.9 Å². The summed E-state index contributed by atoms with van der Waals surface area (Å²) in [6.45, 7) is 3.91. The molecule has 0 atom stereocenters. The fourth-order valence-corrected chi connectivity index (χ4v) is 3.69. The van der Waals surface area contributed by atoms with Gasteiger partial charge in [0.05, 0.1) is 16.8 Å². The maximum absolute atomic E-state index is 12.5. The van der Waals surface area contributed by atoms with Crippen molar-refractivity contribution in [2.24, 2.45) is 4.99 Å². The van der Waals surface area contributed by atoms with Crippen LogP contribution in [0.4, 0.5) is 0 Å². The third kappa shape index (κ3) is 3.83. The van der Waals surface area contributed by atoms with Gasteiger partial charge < -0.3 is 9.30 Å². The highest BCUT2D eigenvalue weighted by molar-refractivity contribution is 9.10. The molecule has 4 nitrogen and oxygen atoms in total. The summed E-state index contributed by atoms with van der Waals surface area (Å²) in [5.41, 5.74) is 1.65. The third-order valence-electron chi connectivity index (χ3n) is 3.54. The maximum atomic E-state index is 12.5. The number of benzene rings is 2. The van der Waals surface area contributed by atoms with Gasteiger partial charge in [0.15, 0.2) is 4.80 Å². The molecule has 1 amide bonds. The van der Waals surface area contributed by atoms with Gasteiger partial charge in [-0.25, -0.2) is 0 Å². The largest absolute Gasteiger partial charge is 0.380 e. The minimum Gasteiger partial charge on any atom is -0.380 e. The molecular weight excluding hydrogens is 388 g/mol. The molecule has 24 heavy (non-hydrogen) atoms. The first-order valence-corrected chi connectivity index (χ1v) is 9.30. The average Bonchev–Trinajstić information content (AvgIpc) is 2.93. The fraction of sp³-hybridized carbons (Fsp3) is 0.222. The summed E-state index contributed by atoms with van der Waals surface area (Å²) in [5.74, 6) is -0.237. The van der Waals surface area contributed by atoms with E-state index in [0.29, 0.717) is 30.1 Å². The van der Waals surface area contributed by atoms with Crippen molar-refractivity contribution in [2.45, 2.75) is 13.5 Å². The van der Waals surface area contributed by atoms with E-state index in [1.54, 1.807) is 12.1 Å². The lowest BCUT2D eigenvalue weighted by atomic mass is 10.2. The second-order valence-electron chi connectivity index (χ2n) is 5.12. The van der Waals surface area contributed by atoms with Gasteiger partial charge in [0.1, 0.15) is 0 Å². The van der Waals surface area contributed by atoms with Crippen LogP contribution in [0.1, 0.15) is 17.3 Å². The summed E-state index contributed by atoms with van der Waals surface area (Å²) in [6.07, 6.45) is 0. The number of halogens is 1. The summed E-state index contributed by atoms with van der Waals surface area (Å²) < 4.78 is 9.56. The maximum Gasteiger partial charge on any atom is 0.279 e. The highest BCUT2D eigenvalue weighted by Crippen LogP contribution is 2.17. The van der Waals surface area contributed by atoms with Crippen molar-refractivity contribution < 1.29 is 9.53 Å². The van der Waals surface area contributed by atoms with Crippen LogP contribution in [0.25, 0.3) is 10.2 Å². The third-order valence-corrected chi connectivity index (χ3v) is 5.13. The minimum absolute atomic E-state index is 0.237. The molecule has 124 valence electrons. The molecule has 0 aliphatic carbocycles. The molecule has 1 aromatic heterocycles. The number of hydrogen-bond donors (Lipinski definition) is 0. The van der Waals surface area contributed by atoms with Gasteiger partial charge in [0.25, 0.3) is 5.91 Å². The van der Waals surface area contributed by atoms with Gasteiger partial charge in [-0.3, -0.25) is 4.79 Å². The lowest BCUT2D eigenvalue weighted by Gasteiger charge is -2.05. The van der Waals surface area contributed by atoms with Crippen molar-refractivity contribution in [1.82, 2.24) is 4.57 Å². The van der Waals surface area contributed by atoms with Gasteiger partial charge in [0, 0.05) is 23.2 Å². The smallest absolute Gasteiger partial charge is 0.279 e. The fourth-order valence-electron chi connectivity index (χ4n) is 2.37. The van der Waals surface area contributed by atoms with E-state index in [0.717, 1.165) is 14.7 Å². The first-order valence-electron chi connectivity index (χ1n) is 7.70. The Labute approximate surface area is 152 Å². The van der Waals surface area contributed by atoms with Crippen LogP contribution in [0.3, 0.4) is 0 Å². The molecule has 2 aromatic carbocycles. The van der Waals surface area contributed by atoms with Gasteiger partial charge in [-0.1, -0.05) is 39.4 Å². The van der Waals surface area contributed by atoms with Crippen molar-refractivity contribution in [2.75, 3.05) is 13.2 Å². The quantitative estimate of drug-likeness (QED) is 0.596. The van der Waals surface area contributed by atoms with E-state index in [-0.39, 0.29) is 5.91 Å². The van der Waals surface area contributed by atoms with Crippen LogP contribution >= 0.6 is 27.3 Å². The highest BCUT2D eigenvalue weighted by Gasteiger charge is 2.09. The molecule has 3 rings (SSSR count). The SMILES string of the molecule is CCOCCn1c(=NC(=O)c2ccc(Br)cc2)sc2ccccc21. The topological polar surface area (TPSA) is 43.6 Å². The summed E-state index contributed by atoms with van der Waals surface area (Å²) in [7, 11) is 0. The van der Waals surface area contributed by atoms with Crippen molar-refractivity contribution in [3.8, 4) is 0 Å². The zero-order valence-corrected chi connectivity index (χ0v) is 15.6. The Bertz CT molecular complexity index is 913. The van der Waals surface area contributed by atoms with Gasteiger partial charge in [0.2, 0.25) is 0 Å². The Morgan fingerprint density at radius 2 is 1.96 bits per heavy atom. The standard InChI is InChI=1S/C18H17BrN2O2S/c1-2-23-12-11-21-15-5-3-4-6-16(15)24-18(21)20-17(22)13-7-9-14(19)10-8-13/h3-10H,2,11-12H2,1H3. The lowest BCUT2D eigenvalue weighted by Crippen LogP contribution is -2.19. The number of carbonyl (C=O) groups excluding carboxylic acids is 1. The number of amides is 1. The molecule has 0 radical (unpaired) electrons. The Hall–Kier alpha value is -1.76. The molecule has 0 saturated heterocycles. The Morgan fingerprint density at radius 1 is 1.21 bits per heavy atom. The number of rotatable bonds is 5. The Balaban J connectivity index is 2.01. The minimum atomic E-state index is -0.237. The zero-order valence-electron chi connectivity index (χ0n) is 13.2. The summed E-state index contributed by atoms with van der Waals surface area (Å²) in [4.78, 5) is 17.5. The molecule has 1 heterocycles. The van der Waals surface area contributed by atoms with Crippen LogP contribution in [-0.4, -0.2) is 23.7 Å². The van der Waals surface area contributed by atoms with Crippen LogP contribution in [-0.2, 0) is 11.3 Å². The van der Waals surface area contributed by atoms with Crippen LogP contribution in [0, 0.1) is 0 Å². The predicted molar refractivity (Wildman–Crippen MR) is 100 cm³/mol. The molecule has 0 fully saturated rings. The Morgan fingerprint density at radius 3 is 2.71 bits per heavy atom. The predicted octanol–water partition coefficient (Wildman–Crippen LogP) is 4.24. The first kappa shape index (κ1) is 17.1. The zero-order chi connectivity index (χ0) is 16.9. The monoisotopic (exact) mass is 404 g/mol. The molecule has 0 unspecified atom stereocenters. The van der Waals surface area contributed by atoms with Gasteiger partial charge in [-0.05, 0) is 43.3 Å². The van der Waals surface area contributed by atoms with Crippen LogP contribution in [0.2, 0.25) is 0 Å². The number of thiazole rings is 1. The summed E-state index contributed by atoms with van der Waals surface area (Å²) >= 11 is 4.89. The molecule has 0 saturated carbocycles. The molecule has 3 aromatic rings. The second-order valence-corrected chi connectivity index (χ2v) is 7.05. The number of para-hydroxylation sites is 1. The second kappa shape index (κ2) is 7.88. The van der Waals surface area contributed by atoms with E-state index in [9.17, 15) is 4.79 Å². The van der Waals surface area contributed by atoms with Crippen molar-refractivity contribution in [3.05, 3.63) is 63.4 Å². The molecule has 6 heteroatoms. The summed E-state index contributed by atoms with van der Waals surface area (Å²) in [6, 6.07) is 15.3. The van der Waals surface area contributed by atoms with E-state index in [4.69, 9.17) is 4.74 Å². The van der Waals surface area contributed by atoms with Crippen molar-refractivity contribution >= 4 is 43.4 Å². The van der Waals surface area contributed by atoms with Gasteiger partial charge in [-0.2, -0.15) is 4.99 Å². The number of aromatic nitrogens is 1. The highest BCUT2D eigenvalue weighted by atomic mass is 79.9. The Kier molecular flexibility index (Phi) is 5.60. The molecule has 0 N–H and O–H groups in total. The molecule has 0 bridgehead atoms. The first-order chi connectivity index (χ1) is 11.7. The average molecular weight is 405 g/mol. The molecular formula is C18H17BrN2O2S. The van der Waals surface area contributed by atoms with Gasteiger partial charge in [-0.15, -0.1) is 0 Å². The molecule has 0 aliphatic rings. The molecule has 0 spiro atoms. The van der Waals surface area contributed by atoms with E-state index in [1.165, 1.54) is 11.3 Å². The van der Waals surface area contributed by atoms with Gasteiger partial charge >= 0.3 is 0 Å². The number of nitrogens with zero attached hydrogens (tertiary/aromatic N) is 2. The normalized spacial score (nSPS) is 12.0. The number of carbonyl (C=O) groups is 1. The molecule has 0 aliphatic heterocycles. The van der Waals surface area contributed by atoms with Crippen molar-refractivity contribution in [1.29, 1.82) is 0 Å². The van der Waals surface area contributed by atoms with E-state index < -0.39 is 0 Å². The van der Waals surface area contributed by atoms with E-state index in [2.05, 4.69) is 20.9 Å². The van der Waals surface area contributed by atoms with Crippen molar-refractivity contribution in [3.63, 3.8) is 0 Å². The van der Waals surface area contributed by atoms with Crippen LogP contribution in [0.5, 0.6) is 0 Å². The number of hydrogen-bond acceptors (Lipinski definition) is 3.